The summed E-state index contributed by atoms with van der Waals surface area (Å²) in [5, 5.41) is 3.70. The maximum Gasteiger partial charge on any atom is 0.141 e. The summed E-state index contributed by atoms with van der Waals surface area (Å²) in [5.41, 5.74) is 1.09. The van der Waals surface area contributed by atoms with Crippen LogP contribution in [0, 0.1) is 11.7 Å². The van der Waals surface area contributed by atoms with Crippen molar-refractivity contribution in [3.63, 3.8) is 0 Å². The van der Waals surface area contributed by atoms with Crippen molar-refractivity contribution in [1.29, 1.82) is 0 Å². The van der Waals surface area contributed by atoms with Gasteiger partial charge < -0.3 is 5.32 Å². The lowest BCUT2D eigenvalue weighted by Crippen LogP contribution is -2.26. The largest absolute Gasteiger partial charge is 0.316 e. The topological polar surface area (TPSA) is 15.3 Å². The average Bonchev–Trinajstić information content (AvgIpc) is 2.82. The Hall–Kier alpha value is -0.640. The number of hydrogen-bond acceptors (Lipinski definition) is 2. The quantitative estimate of drug-likeness (QED) is 0.807. The zero-order valence-corrected chi connectivity index (χ0v) is 12.2. The summed E-state index contributed by atoms with van der Waals surface area (Å²) < 4.78 is 13.1. The minimum absolute atomic E-state index is 0.220. The van der Waals surface area contributed by atoms with E-state index < -0.39 is 0 Å². The molecule has 2 nitrogen and oxygen atoms in total. The second-order valence-electron chi connectivity index (χ2n) is 5.34. The first-order valence-electron chi connectivity index (χ1n) is 7.06. The Morgan fingerprint density at radius 2 is 2.32 bits per heavy atom. The van der Waals surface area contributed by atoms with Gasteiger partial charge in [0.05, 0.1) is 5.02 Å². The Bertz CT molecular complexity index is 411. The van der Waals surface area contributed by atoms with Gasteiger partial charge in [-0.15, -0.1) is 0 Å². The molecular weight excluding hydrogens is 263 g/mol. The molecule has 106 valence electrons. The van der Waals surface area contributed by atoms with Crippen LogP contribution >= 0.6 is 11.6 Å². The van der Waals surface area contributed by atoms with Gasteiger partial charge in [0.15, 0.2) is 0 Å². The Morgan fingerprint density at radius 3 is 3.05 bits per heavy atom. The molecule has 1 aliphatic rings. The van der Waals surface area contributed by atoms with E-state index in [2.05, 4.69) is 17.1 Å². The van der Waals surface area contributed by atoms with Crippen LogP contribution in [0.1, 0.15) is 25.3 Å². The van der Waals surface area contributed by atoms with E-state index in [1.54, 1.807) is 6.07 Å². The molecule has 2 rings (SSSR count). The van der Waals surface area contributed by atoms with Gasteiger partial charge in [0, 0.05) is 13.1 Å². The van der Waals surface area contributed by atoms with E-state index in [4.69, 9.17) is 11.6 Å². The first-order valence-corrected chi connectivity index (χ1v) is 7.44. The third-order valence-corrected chi connectivity index (χ3v) is 3.91. The Balaban J connectivity index is 1.79. The maximum absolute atomic E-state index is 13.1. The molecule has 0 radical (unpaired) electrons. The van der Waals surface area contributed by atoms with Gasteiger partial charge in [0.25, 0.3) is 0 Å². The summed E-state index contributed by atoms with van der Waals surface area (Å²) in [6.07, 6.45) is 2.43. The Labute approximate surface area is 119 Å². The molecule has 19 heavy (non-hydrogen) atoms. The molecule has 0 bridgehead atoms. The van der Waals surface area contributed by atoms with Crippen LogP contribution in [0.25, 0.3) is 0 Å². The molecule has 1 saturated heterocycles. The number of hydrogen-bond donors (Lipinski definition) is 1. The molecule has 1 heterocycles. The second kappa shape index (κ2) is 7.22. The van der Waals surface area contributed by atoms with Crippen molar-refractivity contribution in [2.75, 3.05) is 26.2 Å². The number of rotatable bonds is 6. The highest BCUT2D eigenvalue weighted by Crippen LogP contribution is 2.21. The van der Waals surface area contributed by atoms with Crippen LogP contribution in [0.15, 0.2) is 18.2 Å². The maximum atomic E-state index is 13.1. The van der Waals surface area contributed by atoms with Gasteiger partial charge >= 0.3 is 0 Å². The predicted octanol–water partition coefficient (Wildman–Crippen LogP) is 3.30. The summed E-state index contributed by atoms with van der Waals surface area (Å²) >= 11 is 5.81. The van der Waals surface area contributed by atoms with Gasteiger partial charge in [-0.05, 0) is 56.1 Å². The van der Waals surface area contributed by atoms with Crippen LogP contribution in [0.4, 0.5) is 4.39 Å². The van der Waals surface area contributed by atoms with Crippen LogP contribution in [-0.2, 0) is 6.54 Å². The van der Waals surface area contributed by atoms with Crippen molar-refractivity contribution < 1.29 is 4.39 Å². The Morgan fingerprint density at radius 1 is 1.47 bits per heavy atom. The lowest BCUT2D eigenvalue weighted by Gasteiger charge is -2.16. The van der Waals surface area contributed by atoms with Crippen LogP contribution < -0.4 is 5.32 Å². The molecule has 0 aliphatic carbocycles. The molecule has 0 aromatic heterocycles. The number of nitrogens with zero attached hydrogens (tertiary/aromatic N) is 1. The summed E-state index contributed by atoms with van der Waals surface area (Å²) in [5.74, 6) is 0.399. The number of halogens is 2. The lowest BCUT2D eigenvalue weighted by molar-refractivity contribution is 0.314. The third-order valence-electron chi connectivity index (χ3n) is 3.62. The van der Waals surface area contributed by atoms with Crippen LogP contribution in [0.5, 0.6) is 0 Å². The molecule has 4 heteroatoms. The highest BCUT2D eigenvalue weighted by atomic mass is 35.5. The molecule has 1 atom stereocenters. The monoisotopic (exact) mass is 284 g/mol. The van der Waals surface area contributed by atoms with E-state index in [1.807, 2.05) is 6.07 Å². The minimum atomic E-state index is -0.339. The highest BCUT2D eigenvalue weighted by molar-refractivity contribution is 6.30. The van der Waals surface area contributed by atoms with Crippen LogP contribution in [0.3, 0.4) is 0 Å². The van der Waals surface area contributed by atoms with E-state index in [0.29, 0.717) is 0 Å². The molecule has 1 unspecified atom stereocenters. The standard InChI is InChI=1S/C15H22ClFN2/c1-2-6-18-9-13-5-7-19(11-13)10-12-3-4-15(17)14(16)8-12/h3-4,8,13,18H,2,5-7,9-11H2,1H3. The second-order valence-corrected chi connectivity index (χ2v) is 5.75. The zero-order valence-electron chi connectivity index (χ0n) is 11.5. The smallest absolute Gasteiger partial charge is 0.141 e. The van der Waals surface area contributed by atoms with E-state index in [-0.39, 0.29) is 10.8 Å². The van der Waals surface area contributed by atoms with Crippen molar-refractivity contribution in [3.8, 4) is 0 Å². The van der Waals surface area contributed by atoms with Gasteiger partial charge in [-0.25, -0.2) is 4.39 Å². The van der Waals surface area contributed by atoms with Gasteiger partial charge in [0.2, 0.25) is 0 Å². The summed E-state index contributed by atoms with van der Waals surface area (Å²) in [6.45, 7) is 7.49. The van der Waals surface area contributed by atoms with Crippen molar-refractivity contribution in [1.82, 2.24) is 10.2 Å². The number of nitrogens with one attached hydrogen (secondary N) is 1. The molecule has 1 fully saturated rings. The molecule has 1 N–H and O–H groups in total. The first kappa shape index (κ1) is 14.8. The number of benzene rings is 1. The minimum Gasteiger partial charge on any atom is -0.316 e. The predicted molar refractivity (Wildman–Crippen MR) is 78.0 cm³/mol. The lowest BCUT2D eigenvalue weighted by atomic mass is 10.1. The Kier molecular flexibility index (Phi) is 5.61. The zero-order chi connectivity index (χ0) is 13.7. The van der Waals surface area contributed by atoms with Gasteiger partial charge in [-0.1, -0.05) is 24.6 Å². The molecule has 0 saturated carbocycles. The summed E-state index contributed by atoms with van der Waals surface area (Å²) in [7, 11) is 0. The normalized spacial score (nSPS) is 20.1. The van der Waals surface area contributed by atoms with E-state index in [9.17, 15) is 4.39 Å². The fourth-order valence-corrected chi connectivity index (χ4v) is 2.81. The van der Waals surface area contributed by atoms with E-state index in [0.717, 1.165) is 44.2 Å². The SMILES string of the molecule is CCCNCC1CCN(Cc2ccc(F)c(Cl)c2)C1. The van der Waals surface area contributed by atoms with Crippen LogP contribution in [-0.4, -0.2) is 31.1 Å². The summed E-state index contributed by atoms with van der Waals surface area (Å²) in [4.78, 5) is 2.42. The van der Waals surface area contributed by atoms with E-state index >= 15 is 0 Å². The average molecular weight is 285 g/mol. The number of likely N-dealkylation sites (tertiary alicyclic amines) is 1. The first-order chi connectivity index (χ1) is 9.19. The molecule has 1 aliphatic heterocycles. The van der Waals surface area contributed by atoms with Crippen molar-refractivity contribution in [3.05, 3.63) is 34.6 Å². The fourth-order valence-electron chi connectivity index (χ4n) is 2.60. The van der Waals surface area contributed by atoms with Gasteiger partial charge in [-0.2, -0.15) is 0 Å². The fraction of sp³-hybridized carbons (Fsp3) is 0.600. The van der Waals surface area contributed by atoms with Gasteiger partial charge in [-0.3, -0.25) is 4.90 Å². The third kappa shape index (κ3) is 4.44. The van der Waals surface area contributed by atoms with Crippen LogP contribution in [0.2, 0.25) is 5.02 Å². The molecule has 1 aromatic rings. The molecular formula is C15H22ClFN2. The molecule has 0 spiro atoms. The molecule has 0 amide bonds. The van der Waals surface area contributed by atoms with Crippen molar-refractivity contribution in [2.24, 2.45) is 5.92 Å². The molecule has 1 aromatic carbocycles. The van der Waals surface area contributed by atoms with Gasteiger partial charge in [0.1, 0.15) is 5.82 Å². The highest BCUT2D eigenvalue weighted by Gasteiger charge is 2.22. The van der Waals surface area contributed by atoms with E-state index in [1.165, 1.54) is 18.9 Å². The van der Waals surface area contributed by atoms with Crippen molar-refractivity contribution in [2.45, 2.75) is 26.3 Å². The summed E-state index contributed by atoms with van der Waals surface area (Å²) in [6, 6.07) is 5.01. The van der Waals surface area contributed by atoms with Crippen molar-refractivity contribution >= 4 is 11.6 Å².